The molecule has 0 bridgehead atoms. The summed E-state index contributed by atoms with van der Waals surface area (Å²) in [5, 5.41) is 11.4. The Morgan fingerprint density at radius 2 is 1.62 bits per heavy atom. The van der Waals surface area contributed by atoms with E-state index in [1.807, 2.05) is 0 Å². The molecular formula is C16H14FNO3. The van der Waals surface area contributed by atoms with Crippen LogP contribution in [0, 0.1) is 5.82 Å². The summed E-state index contributed by atoms with van der Waals surface area (Å²) in [7, 11) is 0. The van der Waals surface area contributed by atoms with Gasteiger partial charge in [-0.1, -0.05) is 36.4 Å². The molecule has 0 aliphatic carbocycles. The summed E-state index contributed by atoms with van der Waals surface area (Å²) in [5.74, 6) is -2.06. The molecule has 5 heteroatoms. The molecule has 0 radical (unpaired) electrons. The quantitative estimate of drug-likeness (QED) is 0.887. The lowest BCUT2D eigenvalue weighted by molar-refractivity contribution is -0.136. The number of carbonyl (C=O) groups is 2. The average Bonchev–Trinajstić information content (AvgIpc) is 2.46. The molecule has 0 saturated heterocycles. The first-order chi connectivity index (χ1) is 10.1. The summed E-state index contributed by atoms with van der Waals surface area (Å²) in [5.41, 5.74) is 1.29. The lowest BCUT2D eigenvalue weighted by atomic mass is 10.0. The Balaban J connectivity index is 2.08. The number of nitrogens with one attached hydrogen (secondary N) is 1. The molecule has 0 spiro atoms. The van der Waals surface area contributed by atoms with Crippen LogP contribution in [0.1, 0.15) is 21.5 Å². The van der Waals surface area contributed by atoms with Gasteiger partial charge in [0, 0.05) is 6.54 Å². The molecular weight excluding hydrogens is 273 g/mol. The van der Waals surface area contributed by atoms with Crippen LogP contribution in [-0.2, 0) is 17.8 Å². The second-order valence-electron chi connectivity index (χ2n) is 4.50. The molecule has 4 nitrogen and oxygen atoms in total. The maximum Gasteiger partial charge on any atom is 0.307 e. The second kappa shape index (κ2) is 6.65. The van der Waals surface area contributed by atoms with E-state index in [9.17, 15) is 14.0 Å². The van der Waals surface area contributed by atoms with Gasteiger partial charge in [-0.15, -0.1) is 0 Å². The van der Waals surface area contributed by atoms with Gasteiger partial charge in [-0.2, -0.15) is 0 Å². The van der Waals surface area contributed by atoms with E-state index in [2.05, 4.69) is 5.32 Å². The minimum atomic E-state index is -0.942. The highest BCUT2D eigenvalue weighted by Crippen LogP contribution is 2.11. The van der Waals surface area contributed by atoms with Gasteiger partial charge in [-0.3, -0.25) is 9.59 Å². The third-order valence-corrected chi connectivity index (χ3v) is 3.02. The van der Waals surface area contributed by atoms with Crippen LogP contribution in [0.15, 0.2) is 48.5 Å². The summed E-state index contributed by atoms with van der Waals surface area (Å²) in [4.78, 5) is 22.7. The lowest BCUT2D eigenvalue weighted by Crippen LogP contribution is -2.24. The Morgan fingerprint density at radius 1 is 1.00 bits per heavy atom. The highest BCUT2D eigenvalue weighted by atomic mass is 19.1. The standard InChI is InChI=1S/C16H14FNO3/c17-14-8-4-3-7-13(14)16(21)18-10-12-6-2-1-5-11(12)9-15(19)20/h1-8H,9-10H2,(H,18,21)(H,19,20). The van der Waals surface area contributed by atoms with Gasteiger partial charge in [0.15, 0.2) is 0 Å². The largest absolute Gasteiger partial charge is 0.481 e. The Hall–Kier alpha value is -2.69. The number of halogens is 1. The number of hydrogen-bond donors (Lipinski definition) is 2. The summed E-state index contributed by atoms with van der Waals surface area (Å²) < 4.78 is 13.5. The van der Waals surface area contributed by atoms with Crippen molar-refractivity contribution in [2.24, 2.45) is 0 Å². The van der Waals surface area contributed by atoms with Crippen LogP contribution in [-0.4, -0.2) is 17.0 Å². The van der Waals surface area contributed by atoms with E-state index in [-0.39, 0.29) is 18.5 Å². The Bertz CT molecular complexity index is 670. The van der Waals surface area contributed by atoms with Crippen molar-refractivity contribution in [3.63, 3.8) is 0 Å². The molecule has 0 atom stereocenters. The lowest BCUT2D eigenvalue weighted by Gasteiger charge is -2.09. The third kappa shape index (κ3) is 3.89. The molecule has 2 aromatic rings. The van der Waals surface area contributed by atoms with Crippen molar-refractivity contribution in [1.82, 2.24) is 5.32 Å². The van der Waals surface area contributed by atoms with Gasteiger partial charge in [-0.25, -0.2) is 4.39 Å². The molecule has 0 aliphatic rings. The van der Waals surface area contributed by atoms with Crippen molar-refractivity contribution < 1.29 is 19.1 Å². The van der Waals surface area contributed by atoms with Crippen LogP contribution in [0.5, 0.6) is 0 Å². The molecule has 0 aliphatic heterocycles. The van der Waals surface area contributed by atoms with Crippen molar-refractivity contribution in [2.45, 2.75) is 13.0 Å². The first-order valence-electron chi connectivity index (χ1n) is 6.39. The first-order valence-corrected chi connectivity index (χ1v) is 6.39. The molecule has 0 heterocycles. The predicted octanol–water partition coefficient (Wildman–Crippen LogP) is 2.38. The highest BCUT2D eigenvalue weighted by Gasteiger charge is 2.12. The van der Waals surface area contributed by atoms with E-state index in [0.29, 0.717) is 11.1 Å². The zero-order chi connectivity index (χ0) is 15.2. The fourth-order valence-corrected chi connectivity index (χ4v) is 1.98. The molecule has 21 heavy (non-hydrogen) atoms. The van der Waals surface area contributed by atoms with E-state index in [1.165, 1.54) is 18.2 Å². The zero-order valence-electron chi connectivity index (χ0n) is 11.2. The van der Waals surface area contributed by atoms with Crippen molar-refractivity contribution >= 4 is 11.9 Å². The number of rotatable bonds is 5. The predicted molar refractivity (Wildman–Crippen MR) is 75.4 cm³/mol. The molecule has 1 amide bonds. The number of benzene rings is 2. The van der Waals surface area contributed by atoms with Crippen molar-refractivity contribution in [1.29, 1.82) is 0 Å². The Morgan fingerprint density at radius 3 is 2.29 bits per heavy atom. The number of hydrogen-bond acceptors (Lipinski definition) is 2. The van der Waals surface area contributed by atoms with Crippen LogP contribution in [0.2, 0.25) is 0 Å². The van der Waals surface area contributed by atoms with Gasteiger partial charge >= 0.3 is 5.97 Å². The van der Waals surface area contributed by atoms with Gasteiger partial charge in [0.25, 0.3) is 5.91 Å². The molecule has 108 valence electrons. The first kappa shape index (κ1) is 14.7. The SMILES string of the molecule is O=C(O)Cc1ccccc1CNC(=O)c1ccccc1F. The van der Waals surface area contributed by atoms with Crippen LogP contribution in [0.3, 0.4) is 0 Å². The monoisotopic (exact) mass is 287 g/mol. The minimum absolute atomic E-state index is 0.0341. The molecule has 2 N–H and O–H groups in total. The smallest absolute Gasteiger partial charge is 0.307 e. The van der Waals surface area contributed by atoms with Crippen LogP contribution >= 0.6 is 0 Å². The number of carbonyl (C=O) groups excluding carboxylic acids is 1. The van der Waals surface area contributed by atoms with Gasteiger partial charge < -0.3 is 10.4 Å². The fraction of sp³-hybridized carbons (Fsp3) is 0.125. The molecule has 0 saturated carbocycles. The zero-order valence-corrected chi connectivity index (χ0v) is 11.2. The highest BCUT2D eigenvalue weighted by molar-refractivity contribution is 5.94. The van der Waals surface area contributed by atoms with E-state index in [1.54, 1.807) is 30.3 Å². The molecule has 2 rings (SSSR count). The van der Waals surface area contributed by atoms with Gasteiger partial charge in [-0.05, 0) is 23.3 Å². The summed E-state index contributed by atoms with van der Waals surface area (Å²) >= 11 is 0. The second-order valence-corrected chi connectivity index (χ2v) is 4.50. The van der Waals surface area contributed by atoms with Crippen molar-refractivity contribution in [3.8, 4) is 0 Å². The van der Waals surface area contributed by atoms with Crippen molar-refractivity contribution in [2.75, 3.05) is 0 Å². The summed E-state index contributed by atoms with van der Waals surface area (Å²) in [6, 6.07) is 12.6. The van der Waals surface area contributed by atoms with Crippen molar-refractivity contribution in [3.05, 3.63) is 71.0 Å². The number of carboxylic acid groups (broad SMARTS) is 1. The topological polar surface area (TPSA) is 66.4 Å². The van der Waals surface area contributed by atoms with E-state index >= 15 is 0 Å². The fourth-order valence-electron chi connectivity index (χ4n) is 1.98. The molecule has 0 fully saturated rings. The van der Waals surface area contributed by atoms with E-state index < -0.39 is 17.7 Å². The summed E-state index contributed by atoms with van der Waals surface area (Å²) in [6.45, 7) is 0.149. The summed E-state index contributed by atoms with van der Waals surface area (Å²) in [6.07, 6.45) is -0.119. The minimum Gasteiger partial charge on any atom is -0.481 e. The Labute approximate surface area is 121 Å². The molecule has 0 unspecified atom stereocenters. The van der Waals surface area contributed by atoms with Gasteiger partial charge in [0.2, 0.25) is 0 Å². The van der Waals surface area contributed by atoms with E-state index in [4.69, 9.17) is 5.11 Å². The molecule has 2 aromatic carbocycles. The number of carboxylic acids is 1. The molecule has 0 aromatic heterocycles. The van der Waals surface area contributed by atoms with Crippen LogP contribution in [0.25, 0.3) is 0 Å². The normalized spacial score (nSPS) is 10.1. The number of amides is 1. The maximum atomic E-state index is 13.5. The Kier molecular flexibility index (Phi) is 4.66. The number of aliphatic carboxylic acids is 1. The maximum absolute atomic E-state index is 13.5. The van der Waals surface area contributed by atoms with Gasteiger partial charge in [0.1, 0.15) is 5.82 Å². The average molecular weight is 287 g/mol. The van der Waals surface area contributed by atoms with Gasteiger partial charge in [0.05, 0.1) is 12.0 Å². The van der Waals surface area contributed by atoms with Crippen LogP contribution in [0.4, 0.5) is 4.39 Å². The van der Waals surface area contributed by atoms with E-state index in [0.717, 1.165) is 0 Å². The van der Waals surface area contributed by atoms with Crippen LogP contribution < -0.4 is 5.32 Å². The third-order valence-electron chi connectivity index (χ3n) is 3.02.